The van der Waals surface area contributed by atoms with Crippen LogP contribution in [0.1, 0.15) is 0 Å². The normalized spacial score (nSPS) is 14.8. The van der Waals surface area contributed by atoms with Gasteiger partial charge in [0.05, 0.1) is 12.5 Å². The lowest BCUT2D eigenvalue weighted by Gasteiger charge is -2.36. The fourth-order valence-corrected chi connectivity index (χ4v) is 2.67. The van der Waals surface area contributed by atoms with Crippen LogP contribution in [0.5, 0.6) is 0 Å². The number of carboxylic acids is 1. The average molecular weight is 313 g/mol. The standard InChI is InChI=1S/C16H18N4O3/c21-15-7-6-14(17-20(15)12-16(22)23)19-10-8-18(9-11-19)13-4-2-1-3-5-13/h1-7H,8-12H2,(H,22,23)/p-1. The molecule has 1 aromatic carbocycles. The molecule has 3 rings (SSSR count). The van der Waals surface area contributed by atoms with Gasteiger partial charge in [-0.3, -0.25) is 4.79 Å². The molecule has 7 nitrogen and oxygen atoms in total. The van der Waals surface area contributed by atoms with Crippen LogP contribution in [-0.2, 0) is 11.3 Å². The van der Waals surface area contributed by atoms with Crippen LogP contribution in [0.4, 0.5) is 11.5 Å². The second kappa shape index (κ2) is 6.51. The maximum Gasteiger partial charge on any atom is 0.267 e. The molecule has 0 radical (unpaired) electrons. The summed E-state index contributed by atoms with van der Waals surface area (Å²) in [7, 11) is 0. The Hall–Kier alpha value is -2.83. The van der Waals surface area contributed by atoms with E-state index < -0.39 is 18.1 Å². The smallest absolute Gasteiger partial charge is 0.267 e. The first-order valence-electron chi connectivity index (χ1n) is 7.46. The molecule has 0 bridgehead atoms. The van der Waals surface area contributed by atoms with Crippen LogP contribution in [0.15, 0.2) is 47.3 Å². The van der Waals surface area contributed by atoms with E-state index in [-0.39, 0.29) is 0 Å². The maximum absolute atomic E-state index is 11.6. The number of piperazine rings is 1. The Bertz CT molecular complexity index is 736. The number of aliphatic carboxylic acids is 1. The van der Waals surface area contributed by atoms with E-state index in [0.29, 0.717) is 5.82 Å². The summed E-state index contributed by atoms with van der Waals surface area (Å²) in [6.07, 6.45) is 0. The van der Waals surface area contributed by atoms with Gasteiger partial charge in [-0.2, -0.15) is 5.10 Å². The predicted molar refractivity (Wildman–Crippen MR) is 84.4 cm³/mol. The second-order valence-electron chi connectivity index (χ2n) is 5.37. The quantitative estimate of drug-likeness (QED) is 0.744. The molecule has 7 heteroatoms. The lowest BCUT2D eigenvalue weighted by molar-refractivity contribution is -0.306. The van der Waals surface area contributed by atoms with Crippen LogP contribution in [-0.4, -0.2) is 41.9 Å². The van der Waals surface area contributed by atoms with Crippen molar-refractivity contribution in [3.05, 3.63) is 52.8 Å². The zero-order valence-electron chi connectivity index (χ0n) is 12.6. The molecule has 0 saturated carbocycles. The van der Waals surface area contributed by atoms with E-state index in [1.165, 1.54) is 11.8 Å². The number of rotatable bonds is 4. The summed E-state index contributed by atoms with van der Waals surface area (Å²) >= 11 is 0. The number of carbonyl (C=O) groups is 1. The third-order valence-corrected chi connectivity index (χ3v) is 3.86. The lowest BCUT2D eigenvalue weighted by Crippen LogP contribution is -2.47. The SMILES string of the molecule is O=C([O-])Cn1nc(N2CCN(c3ccccc3)CC2)ccc1=O. The van der Waals surface area contributed by atoms with Crippen molar-refractivity contribution in [2.75, 3.05) is 36.0 Å². The summed E-state index contributed by atoms with van der Waals surface area (Å²) in [4.78, 5) is 26.6. The first-order chi connectivity index (χ1) is 11.1. The van der Waals surface area contributed by atoms with Gasteiger partial charge in [-0.25, -0.2) is 4.68 Å². The van der Waals surface area contributed by atoms with Gasteiger partial charge in [0.2, 0.25) is 0 Å². The molecule has 0 spiro atoms. The molecule has 0 aliphatic carbocycles. The Labute approximate surface area is 133 Å². The molecule has 2 aromatic rings. The summed E-state index contributed by atoms with van der Waals surface area (Å²) in [5.41, 5.74) is 0.739. The van der Waals surface area contributed by atoms with Gasteiger partial charge < -0.3 is 19.7 Å². The van der Waals surface area contributed by atoms with Crippen LogP contribution >= 0.6 is 0 Å². The maximum atomic E-state index is 11.6. The molecule has 2 heterocycles. The molecular formula is C16H17N4O3-. The molecule has 1 aromatic heterocycles. The molecule has 0 unspecified atom stereocenters. The Morgan fingerprint density at radius 2 is 1.65 bits per heavy atom. The summed E-state index contributed by atoms with van der Waals surface area (Å²) in [6.45, 7) is 2.66. The Morgan fingerprint density at radius 3 is 2.30 bits per heavy atom. The fourth-order valence-electron chi connectivity index (χ4n) is 2.67. The average Bonchev–Trinajstić information content (AvgIpc) is 2.57. The van der Waals surface area contributed by atoms with Crippen molar-refractivity contribution in [1.29, 1.82) is 0 Å². The summed E-state index contributed by atoms with van der Waals surface area (Å²) in [5.74, 6) is -0.718. The highest BCUT2D eigenvalue weighted by Gasteiger charge is 2.18. The number of anilines is 2. The van der Waals surface area contributed by atoms with Gasteiger partial charge in [0.1, 0.15) is 5.82 Å². The van der Waals surface area contributed by atoms with E-state index in [2.05, 4.69) is 22.1 Å². The van der Waals surface area contributed by atoms with Crippen LogP contribution in [0.25, 0.3) is 0 Å². The van der Waals surface area contributed by atoms with Gasteiger partial charge in [-0.05, 0) is 18.2 Å². The Balaban J connectivity index is 1.70. The zero-order chi connectivity index (χ0) is 16.2. The minimum Gasteiger partial charge on any atom is -0.548 e. The fraction of sp³-hybridized carbons (Fsp3) is 0.312. The number of carbonyl (C=O) groups excluding carboxylic acids is 1. The van der Waals surface area contributed by atoms with E-state index in [4.69, 9.17) is 0 Å². The van der Waals surface area contributed by atoms with Crippen LogP contribution < -0.4 is 20.5 Å². The first kappa shape index (κ1) is 15.1. The molecule has 1 fully saturated rings. The van der Waals surface area contributed by atoms with E-state index in [1.807, 2.05) is 23.1 Å². The van der Waals surface area contributed by atoms with Gasteiger partial charge in [0, 0.05) is 37.9 Å². The van der Waals surface area contributed by atoms with Crippen molar-refractivity contribution in [2.45, 2.75) is 6.54 Å². The third kappa shape index (κ3) is 3.50. The van der Waals surface area contributed by atoms with Crippen molar-refractivity contribution >= 4 is 17.5 Å². The minimum atomic E-state index is -1.33. The molecule has 1 aliphatic rings. The van der Waals surface area contributed by atoms with Gasteiger partial charge >= 0.3 is 0 Å². The summed E-state index contributed by atoms with van der Waals surface area (Å²) in [5, 5.41) is 14.8. The van der Waals surface area contributed by atoms with Gasteiger partial charge in [0.25, 0.3) is 5.56 Å². The lowest BCUT2D eigenvalue weighted by atomic mass is 10.2. The second-order valence-corrected chi connectivity index (χ2v) is 5.37. The van der Waals surface area contributed by atoms with Crippen molar-refractivity contribution in [2.24, 2.45) is 0 Å². The molecule has 0 N–H and O–H groups in total. The number of nitrogens with zero attached hydrogens (tertiary/aromatic N) is 4. The number of aromatic nitrogens is 2. The predicted octanol–water partition coefficient (Wildman–Crippen LogP) is -0.680. The van der Waals surface area contributed by atoms with Crippen molar-refractivity contribution in [1.82, 2.24) is 9.78 Å². The molecule has 23 heavy (non-hydrogen) atoms. The number of hydrogen-bond acceptors (Lipinski definition) is 6. The van der Waals surface area contributed by atoms with Crippen LogP contribution in [0.2, 0.25) is 0 Å². The molecular weight excluding hydrogens is 296 g/mol. The summed E-state index contributed by atoms with van der Waals surface area (Å²) in [6, 6.07) is 13.1. The number of carboxylic acid groups (broad SMARTS) is 1. The highest BCUT2D eigenvalue weighted by molar-refractivity contribution is 5.63. The van der Waals surface area contributed by atoms with Crippen LogP contribution in [0.3, 0.4) is 0 Å². The first-order valence-corrected chi connectivity index (χ1v) is 7.46. The van der Waals surface area contributed by atoms with E-state index in [1.54, 1.807) is 6.07 Å². The van der Waals surface area contributed by atoms with E-state index in [9.17, 15) is 14.7 Å². The number of benzene rings is 1. The van der Waals surface area contributed by atoms with E-state index >= 15 is 0 Å². The number of para-hydroxylation sites is 1. The van der Waals surface area contributed by atoms with Gasteiger partial charge in [-0.15, -0.1) is 0 Å². The largest absolute Gasteiger partial charge is 0.548 e. The van der Waals surface area contributed by atoms with Crippen molar-refractivity contribution < 1.29 is 9.90 Å². The molecule has 1 aliphatic heterocycles. The molecule has 0 amide bonds. The van der Waals surface area contributed by atoms with E-state index in [0.717, 1.165) is 30.9 Å². The minimum absolute atomic E-state index is 0.444. The Kier molecular flexibility index (Phi) is 4.27. The molecule has 0 atom stereocenters. The van der Waals surface area contributed by atoms with Crippen molar-refractivity contribution in [3.8, 4) is 0 Å². The molecule has 1 saturated heterocycles. The monoisotopic (exact) mass is 313 g/mol. The highest BCUT2D eigenvalue weighted by Crippen LogP contribution is 2.18. The Morgan fingerprint density at radius 1 is 1.00 bits per heavy atom. The van der Waals surface area contributed by atoms with Crippen LogP contribution in [0, 0.1) is 0 Å². The zero-order valence-corrected chi connectivity index (χ0v) is 12.6. The third-order valence-electron chi connectivity index (χ3n) is 3.86. The highest BCUT2D eigenvalue weighted by atomic mass is 16.4. The van der Waals surface area contributed by atoms with Gasteiger partial charge in [-0.1, -0.05) is 18.2 Å². The van der Waals surface area contributed by atoms with Crippen molar-refractivity contribution in [3.63, 3.8) is 0 Å². The topological polar surface area (TPSA) is 81.5 Å². The van der Waals surface area contributed by atoms with Gasteiger partial charge in [0.15, 0.2) is 0 Å². The summed E-state index contributed by atoms with van der Waals surface area (Å²) < 4.78 is 0.925. The number of hydrogen-bond donors (Lipinski definition) is 0. The molecule has 120 valence electrons.